The van der Waals surface area contributed by atoms with Crippen LogP contribution >= 0.6 is 0 Å². The van der Waals surface area contributed by atoms with Crippen LogP contribution in [0.2, 0.25) is 0 Å². The number of carbonyl (C=O) groups is 1. The maximum Gasteiger partial charge on any atom is 0.256 e. The lowest BCUT2D eigenvalue weighted by molar-refractivity contribution is -0.122. The van der Waals surface area contributed by atoms with Gasteiger partial charge in [-0.3, -0.25) is 14.4 Å². The summed E-state index contributed by atoms with van der Waals surface area (Å²) in [7, 11) is 3.87. The van der Waals surface area contributed by atoms with Gasteiger partial charge in [0.2, 0.25) is 11.9 Å². The summed E-state index contributed by atoms with van der Waals surface area (Å²) in [6, 6.07) is 5.52. The van der Waals surface area contributed by atoms with Gasteiger partial charge in [0.15, 0.2) is 5.82 Å². The molecule has 0 aliphatic carbocycles. The number of aromatic amines is 1. The summed E-state index contributed by atoms with van der Waals surface area (Å²) >= 11 is 0. The lowest BCUT2D eigenvalue weighted by atomic mass is 10.1. The van der Waals surface area contributed by atoms with Crippen LogP contribution < -0.4 is 15.4 Å². The summed E-state index contributed by atoms with van der Waals surface area (Å²) in [5.74, 6) is -0.0439. The Balaban J connectivity index is 1.40. The van der Waals surface area contributed by atoms with Crippen molar-refractivity contribution in [2.45, 2.75) is 32.9 Å². The fraction of sp³-hybridized carbons (Fsp3) is 0.407. The molecule has 5 rings (SSSR count). The zero-order valence-corrected chi connectivity index (χ0v) is 22.8. The van der Waals surface area contributed by atoms with Crippen molar-refractivity contribution in [2.75, 3.05) is 43.9 Å². The number of aryl methyl sites for hydroxylation is 1. The number of rotatable bonds is 8. The smallest absolute Gasteiger partial charge is 0.256 e. The van der Waals surface area contributed by atoms with Crippen molar-refractivity contribution in [3.05, 3.63) is 42.6 Å². The van der Waals surface area contributed by atoms with E-state index in [0.29, 0.717) is 34.9 Å². The van der Waals surface area contributed by atoms with E-state index in [0.717, 1.165) is 31.2 Å². The van der Waals surface area contributed by atoms with Crippen molar-refractivity contribution in [3.63, 3.8) is 0 Å². The van der Waals surface area contributed by atoms with E-state index in [4.69, 9.17) is 4.74 Å². The normalized spacial score (nSPS) is 17.3. The highest BCUT2D eigenvalue weighted by Gasteiger charge is 2.30. The molecule has 0 saturated carbocycles. The summed E-state index contributed by atoms with van der Waals surface area (Å²) in [6.45, 7) is 9.06. The number of likely N-dealkylation sites (N-methyl/N-ethyl adjacent to an activating group) is 1. The topological polar surface area (TPSA) is 116 Å². The number of H-pyrrole nitrogens is 1. The van der Waals surface area contributed by atoms with Gasteiger partial charge in [-0.1, -0.05) is 12.1 Å². The first-order valence-corrected chi connectivity index (χ1v) is 13.1. The van der Waals surface area contributed by atoms with E-state index in [-0.39, 0.29) is 29.6 Å². The minimum Gasteiger partial charge on any atom is -0.475 e. The molecular formula is C27H34FN9O2. The molecule has 1 saturated heterocycles. The summed E-state index contributed by atoms with van der Waals surface area (Å²) in [6.07, 6.45) is 4.56. The predicted octanol–water partition coefficient (Wildman–Crippen LogP) is 3.60. The number of fused-ring (bicyclic) bond motifs is 1. The lowest BCUT2D eigenvalue weighted by Crippen LogP contribution is -2.56. The molecule has 0 radical (unpaired) electrons. The van der Waals surface area contributed by atoms with Crippen LogP contribution in [0.3, 0.4) is 0 Å². The van der Waals surface area contributed by atoms with Crippen LogP contribution in [0.25, 0.3) is 22.2 Å². The first-order chi connectivity index (χ1) is 18.7. The second-order valence-electron chi connectivity index (χ2n) is 9.91. The Morgan fingerprint density at radius 2 is 2.10 bits per heavy atom. The number of piperazine rings is 1. The highest BCUT2D eigenvalue weighted by molar-refractivity contribution is 6.06. The maximum atomic E-state index is 15.0. The number of ether oxygens (including phenoxy) is 1. The molecule has 1 amide bonds. The van der Waals surface area contributed by atoms with Gasteiger partial charge >= 0.3 is 0 Å². The van der Waals surface area contributed by atoms with Crippen molar-refractivity contribution in [2.24, 2.45) is 7.05 Å². The van der Waals surface area contributed by atoms with E-state index in [1.54, 1.807) is 24.1 Å². The minimum absolute atomic E-state index is 0.0867. The predicted molar refractivity (Wildman–Crippen MR) is 149 cm³/mol. The first kappa shape index (κ1) is 26.6. The Kier molecular flexibility index (Phi) is 7.49. The molecule has 0 bridgehead atoms. The number of benzene rings is 1. The van der Waals surface area contributed by atoms with Gasteiger partial charge in [0.25, 0.3) is 5.88 Å². The molecule has 12 heteroatoms. The van der Waals surface area contributed by atoms with Gasteiger partial charge in [-0.05, 0) is 33.9 Å². The van der Waals surface area contributed by atoms with Gasteiger partial charge in [-0.2, -0.15) is 0 Å². The Morgan fingerprint density at radius 3 is 2.87 bits per heavy atom. The number of para-hydroxylation sites is 1. The zero-order valence-electron chi connectivity index (χ0n) is 22.8. The van der Waals surface area contributed by atoms with E-state index < -0.39 is 5.82 Å². The molecule has 1 aliphatic rings. The zero-order chi connectivity index (χ0) is 27.7. The second-order valence-corrected chi connectivity index (χ2v) is 9.91. The molecule has 4 aromatic rings. The second kappa shape index (κ2) is 11.0. The third kappa shape index (κ3) is 5.43. The molecule has 3 aromatic heterocycles. The lowest BCUT2D eigenvalue weighted by Gasteiger charge is -2.41. The quantitative estimate of drug-likeness (QED) is 0.313. The molecule has 1 aliphatic heterocycles. The highest BCUT2D eigenvalue weighted by atomic mass is 19.1. The minimum atomic E-state index is -0.565. The van der Waals surface area contributed by atoms with E-state index in [1.807, 2.05) is 32.0 Å². The first-order valence-electron chi connectivity index (χ1n) is 13.1. The van der Waals surface area contributed by atoms with Crippen molar-refractivity contribution in [1.82, 2.24) is 34.5 Å². The fourth-order valence-electron chi connectivity index (χ4n) is 5.11. The fourth-order valence-corrected chi connectivity index (χ4v) is 5.11. The largest absolute Gasteiger partial charge is 0.475 e. The maximum absolute atomic E-state index is 15.0. The number of nitrogens with zero attached hydrogens (tertiary/aromatic N) is 6. The van der Waals surface area contributed by atoms with Crippen molar-refractivity contribution >= 4 is 34.1 Å². The molecule has 11 nitrogen and oxygen atoms in total. The summed E-state index contributed by atoms with van der Waals surface area (Å²) < 4.78 is 22.2. The Bertz CT molecular complexity index is 1480. The SMILES string of the molecule is CCOc1nn(C)cc1Nc1ncc(F)c(-c2c[nH]c3c(NC(=O)C(C)N4CCN(C)C[C@H]4C)cccc23)n1. The number of amides is 1. The van der Waals surface area contributed by atoms with Crippen LogP contribution in [0.15, 0.2) is 36.8 Å². The van der Waals surface area contributed by atoms with E-state index in [9.17, 15) is 4.79 Å². The standard InChI is InChI=1S/C27H34FN9O2/c1-6-39-26-22(15-36(5)34-26)32-27-30-13-20(28)23(33-27)19-12-29-24-18(19)8-7-9-21(24)31-25(38)17(3)37-11-10-35(4)14-16(37)2/h7-9,12-13,15-17,29H,6,10-11,14H2,1-5H3,(H,31,38)(H,30,32,33)/t16-,17?/m1/s1. The van der Waals surface area contributed by atoms with E-state index in [1.165, 1.54) is 0 Å². The Labute approximate surface area is 226 Å². The number of carbonyl (C=O) groups excluding carboxylic acids is 1. The summed E-state index contributed by atoms with van der Waals surface area (Å²) in [5, 5.41) is 11.1. The van der Waals surface area contributed by atoms with Crippen LogP contribution in [0, 0.1) is 5.82 Å². The average Bonchev–Trinajstić information content (AvgIpc) is 3.48. The Hall–Kier alpha value is -4.03. The number of hydrogen-bond donors (Lipinski definition) is 3. The van der Waals surface area contributed by atoms with Crippen molar-refractivity contribution in [1.29, 1.82) is 0 Å². The average molecular weight is 536 g/mol. The van der Waals surface area contributed by atoms with Gasteiger partial charge < -0.3 is 25.3 Å². The van der Waals surface area contributed by atoms with Crippen LogP contribution in [-0.2, 0) is 11.8 Å². The number of hydrogen-bond acceptors (Lipinski definition) is 8. The van der Waals surface area contributed by atoms with Crippen molar-refractivity contribution < 1.29 is 13.9 Å². The molecule has 2 atom stereocenters. The van der Waals surface area contributed by atoms with Gasteiger partial charge in [0, 0.05) is 49.9 Å². The third-order valence-corrected chi connectivity index (χ3v) is 7.05. The monoisotopic (exact) mass is 535 g/mol. The summed E-state index contributed by atoms with van der Waals surface area (Å²) in [5.41, 5.74) is 2.58. The molecular weight excluding hydrogens is 501 g/mol. The number of halogens is 1. The van der Waals surface area contributed by atoms with E-state index in [2.05, 4.69) is 54.5 Å². The number of nitrogens with one attached hydrogen (secondary N) is 3. The van der Waals surface area contributed by atoms with Gasteiger partial charge in [0.05, 0.1) is 36.2 Å². The molecule has 1 fully saturated rings. The molecule has 39 heavy (non-hydrogen) atoms. The van der Waals surface area contributed by atoms with Gasteiger partial charge in [-0.15, -0.1) is 5.10 Å². The van der Waals surface area contributed by atoms with Gasteiger partial charge in [-0.25, -0.2) is 14.4 Å². The molecule has 1 aromatic carbocycles. The van der Waals surface area contributed by atoms with Crippen LogP contribution in [0.5, 0.6) is 5.88 Å². The number of anilines is 3. The summed E-state index contributed by atoms with van der Waals surface area (Å²) in [4.78, 5) is 29.5. The van der Waals surface area contributed by atoms with Crippen LogP contribution in [0.4, 0.5) is 21.7 Å². The molecule has 0 spiro atoms. The molecule has 3 N–H and O–H groups in total. The van der Waals surface area contributed by atoms with Crippen LogP contribution in [-0.4, -0.2) is 85.8 Å². The van der Waals surface area contributed by atoms with Crippen LogP contribution in [0.1, 0.15) is 20.8 Å². The van der Waals surface area contributed by atoms with E-state index >= 15 is 4.39 Å². The highest BCUT2D eigenvalue weighted by Crippen LogP contribution is 2.34. The Morgan fingerprint density at radius 1 is 1.28 bits per heavy atom. The van der Waals surface area contributed by atoms with Gasteiger partial charge in [0.1, 0.15) is 11.4 Å². The third-order valence-electron chi connectivity index (χ3n) is 7.05. The number of aromatic nitrogens is 5. The molecule has 1 unspecified atom stereocenters. The molecule has 206 valence electrons. The molecule has 4 heterocycles. The van der Waals surface area contributed by atoms with Crippen molar-refractivity contribution in [3.8, 4) is 17.1 Å².